The number of aromatic nitrogens is 2. The van der Waals surface area contributed by atoms with Crippen molar-refractivity contribution in [2.45, 2.75) is 6.92 Å². The summed E-state index contributed by atoms with van der Waals surface area (Å²) in [4.78, 5) is 3.08. The second-order valence-electron chi connectivity index (χ2n) is 3.31. The fourth-order valence-electron chi connectivity index (χ4n) is 1.47. The van der Waals surface area contributed by atoms with Crippen molar-refractivity contribution >= 4 is 12.2 Å². The minimum atomic E-state index is 0.695. The van der Waals surface area contributed by atoms with Crippen LogP contribution < -0.4 is 4.74 Å². The molecule has 1 aromatic carbocycles. The largest absolute Gasteiger partial charge is 0.497 e. The Morgan fingerprint density at radius 2 is 2.20 bits per heavy atom. The van der Waals surface area contributed by atoms with Gasteiger partial charge in [-0.3, -0.25) is 4.57 Å². The lowest BCUT2D eigenvalue weighted by Crippen LogP contribution is -1.92. The molecule has 0 fully saturated rings. The van der Waals surface area contributed by atoms with E-state index in [4.69, 9.17) is 17.0 Å². The number of nitrogens with one attached hydrogen (secondary N) is 1. The van der Waals surface area contributed by atoms with Gasteiger partial charge in [0.05, 0.1) is 12.8 Å². The third-order valence-electron chi connectivity index (χ3n) is 2.18. The van der Waals surface area contributed by atoms with Gasteiger partial charge in [0.15, 0.2) is 4.77 Å². The van der Waals surface area contributed by atoms with E-state index in [0.29, 0.717) is 4.77 Å². The maximum absolute atomic E-state index is 5.20. The van der Waals surface area contributed by atoms with Crippen molar-refractivity contribution in [3.05, 3.63) is 40.9 Å². The van der Waals surface area contributed by atoms with E-state index in [1.165, 1.54) is 0 Å². The molecule has 0 atom stereocenters. The first-order chi connectivity index (χ1) is 7.20. The number of imidazole rings is 1. The highest BCUT2D eigenvalue weighted by Crippen LogP contribution is 2.17. The van der Waals surface area contributed by atoms with E-state index in [0.717, 1.165) is 17.1 Å². The lowest BCUT2D eigenvalue weighted by Gasteiger charge is -2.04. The number of hydrogen-bond donors (Lipinski definition) is 1. The number of H-pyrrole nitrogens is 1. The molecule has 0 spiro atoms. The van der Waals surface area contributed by atoms with Crippen LogP contribution in [0.15, 0.2) is 30.5 Å². The molecule has 78 valence electrons. The smallest absolute Gasteiger partial charge is 0.181 e. The van der Waals surface area contributed by atoms with Crippen LogP contribution in [0.1, 0.15) is 5.69 Å². The highest BCUT2D eigenvalue weighted by atomic mass is 32.1. The Morgan fingerprint density at radius 1 is 1.40 bits per heavy atom. The van der Waals surface area contributed by atoms with Gasteiger partial charge in [0.25, 0.3) is 0 Å². The Kier molecular flexibility index (Phi) is 2.60. The third kappa shape index (κ3) is 1.94. The molecule has 0 radical (unpaired) electrons. The number of ether oxygens (including phenoxy) is 1. The van der Waals surface area contributed by atoms with Crippen molar-refractivity contribution in [3.63, 3.8) is 0 Å². The summed E-state index contributed by atoms with van der Waals surface area (Å²) in [5.41, 5.74) is 2.05. The number of aryl methyl sites for hydroxylation is 1. The van der Waals surface area contributed by atoms with E-state index in [9.17, 15) is 0 Å². The monoisotopic (exact) mass is 220 g/mol. The maximum atomic E-state index is 5.20. The van der Waals surface area contributed by atoms with E-state index in [1.54, 1.807) is 7.11 Å². The van der Waals surface area contributed by atoms with Crippen molar-refractivity contribution in [1.29, 1.82) is 0 Å². The zero-order valence-corrected chi connectivity index (χ0v) is 9.47. The molecule has 0 saturated heterocycles. The van der Waals surface area contributed by atoms with Gasteiger partial charge in [-0.2, -0.15) is 0 Å². The van der Waals surface area contributed by atoms with Crippen LogP contribution in [-0.2, 0) is 0 Å². The number of rotatable bonds is 2. The minimum Gasteiger partial charge on any atom is -0.497 e. The summed E-state index contributed by atoms with van der Waals surface area (Å²) in [6.45, 7) is 1.98. The number of methoxy groups -OCH3 is 1. The molecule has 15 heavy (non-hydrogen) atoms. The average Bonchev–Trinajstić information content (AvgIpc) is 2.58. The highest BCUT2D eigenvalue weighted by Gasteiger charge is 2.00. The van der Waals surface area contributed by atoms with Gasteiger partial charge in [-0.1, -0.05) is 6.07 Å². The molecular weight excluding hydrogens is 208 g/mol. The molecule has 0 bridgehead atoms. The topological polar surface area (TPSA) is 29.9 Å². The second kappa shape index (κ2) is 3.90. The molecule has 0 aliphatic carbocycles. The molecule has 2 rings (SSSR count). The molecule has 0 amide bonds. The molecule has 1 aromatic heterocycles. The second-order valence-corrected chi connectivity index (χ2v) is 3.70. The Balaban J connectivity index is 2.53. The summed E-state index contributed by atoms with van der Waals surface area (Å²) in [7, 11) is 1.65. The molecule has 0 unspecified atom stereocenters. The van der Waals surface area contributed by atoms with Gasteiger partial charge in [-0.05, 0) is 31.3 Å². The lowest BCUT2D eigenvalue weighted by atomic mass is 10.3. The van der Waals surface area contributed by atoms with E-state index in [2.05, 4.69) is 4.98 Å². The Hall–Kier alpha value is -1.55. The predicted molar refractivity (Wildman–Crippen MR) is 62.2 cm³/mol. The van der Waals surface area contributed by atoms with Crippen molar-refractivity contribution in [1.82, 2.24) is 9.55 Å². The van der Waals surface area contributed by atoms with Crippen LogP contribution in [0, 0.1) is 11.7 Å². The fourth-order valence-corrected chi connectivity index (χ4v) is 1.78. The van der Waals surface area contributed by atoms with E-state index in [-0.39, 0.29) is 0 Å². The van der Waals surface area contributed by atoms with Gasteiger partial charge >= 0.3 is 0 Å². The Bertz CT molecular complexity index is 527. The summed E-state index contributed by atoms with van der Waals surface area (Å²) in [5, 5.41) is 0. The number of aromatic amines is 1. The Labute approximate surface area is 93.3 Å². The SMILES string of the molecule is COc1cccc(-n2cc(C)[nH]c2=S)c1. The quantitative estimate of drug-likeness (QED) is 0.789. The van der Waals surface area contributed by atoms with Gasteiger partial charge in [0.1, 0.15) is 5.75 Å². The zero-order chi connectivity index (χ0) is 10.8. The molecule has 1 heterocycles. The normalized spacial score (nSPS) is 10.3. The van der Waals surface area contributed by atoms with Crippen LogP contribution in [-0.4, -0.2) is 16.7 Å². The molecule has 0 aliphatic rings. The Morgan fingerprint density at radius 3 is 2.80 bits per heavy atom. The van der Waals surface area contributed by atoms with Gasteiger partial charge in [0.2, 0.25) is 0 Å². The summed E-state index contributed by atoms with van der Waals surface area (Å²) in [6.07, 6.45) is 1.97. The van der Waals surface area contributed by atoms with Crippen molar-refractivity contribution in [2.75, 3.05) is 7.11 Å². The van der Waals surface area contributed by atoms with Crippen LogP contribution in [0.2, 0.25) is 0 Å². The predicted octanol–water partition coefficient (Wildman–Crippen LogP) is 2.85. The maximum Gasteiger partial charge on any atom is 0.181 e. The van der Waals surface area contributed by atoms with Gasteiger partial charge in [0, 0.05) is 18.0 Å². The number of benzene rings is 1. The van der Waals surface area contributed by atoms with Gasteiger partial charge in [-0.25, -0.2) is 0 Å². The summed E-state index contributed by atoms with van der Waals surface area (Å²) >= 11 is 5.20. The lowest BCUT2D eigenvalue weighted by molar-refractivity contribution is 0.414. The van der Waals surface area contributed by atoms with Crippen molar-refractivity contribution < 1.29 is 4.74 Å². The van der Waals surface area contributed by atoms with E-state index >= 15 is 0 Å². The van der Waals surface area contributed by atoms with Gasteiger partial charge < -0.3 is 9.72 Å². The first-order valence-corrected chi connectivity index (χ1v) is 5.04. The molecule has 0 saturated carbocycles. The standard InChI is InChI=1S/C11H12N2OS/c1-8-7-13(11(15)12-8)9-4-3-5-10(6-9)14-2/h3-7H,1-2H3,(H,12,15). The molecule has 0 aliphatic heterocycles. The zero-order valence-electron chi connectivity index (χ0n) is 8.65. The minimum absolute atomic E-state index is 0.695. The summed E-state index contributed by atoms with van der Waals surface area (Å²) in [6, 6.07) is 7.79. The van der Waals surface area contributed by atoms with Crippen LogP contribution in [0.5, 0.6) is 5.75 Å². The molecule has 3 nitrogen and oxygen atoms in total. The summed E-state index contributed by atoms with van der Waals surface area (Å²) < 4.78 is 7.78. The molecule has 4 heteroatoms. The molecule has 2 aromatic rings. The van der Waals surface area contributed by atoms with Gasteiger partial charge in [-0.15, -0.1) is 0 Å². The first-order valence-electron chi connectivity index (χ1n) is 4.63. The van der Waals surface area contributed by atoms with Crippen molar-refractivity contribution in [2.24, 2.45) is 0 Å². The third-order valence-corrected chi connectivity index (χ3v) is 2.48. The van der Waals surface area contributed by atoms with Crippen LogP contribution in [0.3, 0.4) is 0 Å². The van der Waals surface area contributed by atoms with Crippen LogP contribution in [0.4, 0.5) is 0 Å². The molecular formula is C11H12N2OS. The number of nitrogens with zero attached hydrogens (tertiary/aromatic N) is 1. The average molecular weight is 220 g/mol. The fraction of sp³-hybridized carbons (Fsp3) is 0.182. The number of hydrogen-bond acceptors (Lipinski definition) is 2. The summed E-state index contributed by atoms with van der Waals surface area (Å²) in [5.74, 6) is 0.827. The molecule has 1 N–H and O–H groups in total. The van der Waals surface area contributed by atoms with E-state index < -0.39 is 0 Å². The highest BCUT2D eigenvalue weighted by molar-refractivity contribution is 7.71. The van der Waals surface area contributed by atoms with Crippen molar-refractivity contribution in [3.8, 4) is 11.4 Å². The first kappa shape index (κ1) is 9.98. The van der Waals surface area contributed by atoms with Crippen LogP contribution >= 0.6 is 12.2 Å². The van der Waals surface area contributed by atoms with E-state index in [1.807, 2.05) is 42.0 Å². The van der Waals surface area contributed by atoms with Crippen LogP contribution in [0.25, 0.3) is 5.69 Å².